The second-order valence-corrected chi connectivity index (χ2v) is 7.88. The van der Waals surface area contributed by atoms with E-state index in [4.69, 9.17) is 4.74 Å². The van der Waals surface area contributed by atoms with Crippen LogP contribution in [0.25, 0.3) is 0 Å². The van der Waals surface area contributed by atoms with Gasteiger partial charge in [0.2, 0.25) is 10.0 Å². The van der Waals surface area contributed by atoms with Crippen LogP contribution in [0.15, 0.2) is 48.5 Å². The van der Waals surface area contributed by atoms with Crippen LogP contribution in [0.1, 0.15) is 5.56 Å². The van der Waals surface area contributed by atoms with Crippen LogP contribution in [0.4, 0.5) is 10.1 Å². The van der Waals surface area contributed by atoms with Gasteiger partial charge >= 0.3 is 0 Å². The molecule has 1 aliphatic rings. The topological polar surface area (TPSA) is 75.7 Å². The molecule has 0 bridgehead atoms. The summed E-state index contributed by atoms with van der Waals surface area (Å²) in [7, 11) is -3.51. The molecule has 0 unspecified atom stereocenters. The van der Waals surface area contributed by atoms with E-state index in [0.717, 1.165) is 5.56 Å². The number of sulfonamides is 1. The molecule has 2 aromatic rings. The number of carbonyl (C=O) groups excluding carboxylic acids is 1. The number of carbonyl (C=O) groups is 1. The van der Waals surface area contributed by atoms with Gasteiger partial charge in [-0.2, -0.15) is 0 Å². The normalized spacial score (nSPS) is 13.3. The number of benzene rings is 2. The van der Waals surface area contributed by atoms with Crippen molar-refractivity contribution in [3.63, 3.8) is 0 Å². The third-order valence-electron chi connectivity index (χ3n) is 4.03. The Morgan fingerprint density at radius 1 is 1.19 bits per heavy atom. The summed E-state index contributed by atoms with van der Waals surface area (Å²) in [6.07, 6.45) is 0.684. The van der Waals surface area contributed by atoms with Gasteiger partial charge < -0.3 is 10.1 Å². The Morgan fingerprint density at radius 2 is 2.00 bits per heavy atom. The van der Waals surface area contributed by atoms with Crippen molar-refractivity contribution in [3.05, 3.63) is 59.9 Å². The summed E-state index contributed by atoms with van der Waals surface area (Å²) in [5.41, 5.74) is 1.71. The van der Waals surface area contributed by atoms with Crippen LogP contribution in [0.3, 0.4) is 0 Å². The molecule has 0 spiro atoms. The maximum Gasteiger partial charge on any atom is 0.257 e. The number of hydrogen-bond donors (Lipinski definition) is 1. The van der Waals surface area contributed by atoms with Crippen LogP contribution < -0.4 is 14.4 Å². The number of halogens is 1. The van der Waals surface area contributed by atoms with Gasteiger partial charge in [0.25, 0.3) is 5.91 Å². The lowest BCUT2D eigenvalue weighted by Crippen LogP contribution is -2.38. The molecule has 3 rings (SSSR count). The Labute approximate surface area is 151 Å². The Balaban J connectivity index is 1.47. The van der Waals surface area contributed by atoms with E-state index < -0.39 is 21.7 Å². The number of amides is 1. The number of hydrogen-bond acceptors (Lipinski definition) is 4. The van der Waals surface area contributed by atoms with E-state index in [9.17, 15) is 17.6 Å². The van der Waals surface area contributed by atoms with Crippen LogP contribution >= 0.6 is 0 Å². The van der Waals surface area contributed by atoms with Gasteiger partial charge in [-0.05, 0) is 30.2 Å². The fourth-order valence-electron chi connectivity index (χ4n) is 2.78. The van der Waals surface area contributed by atoms with E-state index >= 15 is 0 Å². The first-order valence-corrected chi connectivity index (χ1v) is 9.80. The molecule has 8 heteroatoms. The third-order valence-corrected chi connectivity index (χ3v) is 5.80. The number of rotatable bonds is 7. The molecular formula is C18H19FN2O4S. The van der Waals surface area contributed by atoms with Crippen molar-refractivity contribution in [1.29, 1.82) is 0 Å². The highest BCUT2D eigenvalue weighted by Crippen LogP contribution is 2.29. The molecule has 26 heavy (non-hydrogen) atoms. The average Bonchev–Trinajstić information content (AvgIpc) is 3.05. The lowest BCUT2D eigenvalue weighted by molar-refractivity contribution is -0.122. The summed E-state index contributed by atoms with van der Waals surface area (Å²) in [5.74, 6) is -0.889. The van der Waals surface area contributed by atoms with Crippen molar-refractivity contribution >= 4 is 21.6 Å². The minimum atomic E-state index is -3.51. The minimum Gasteiger partial charge on any atom is -0.484 e. The second kappa shape index (κ2) is 7.74. The van der Waals surface area contributed by atoms with E-state index in [1.807, 2.05) is 12.1 Å². The summed E-state index contributed by atoms with van der Waals surface area (Å²) >= 11 is 0. The Kier molecular flexibility index (Phi) is 5.41. The molecule has 0 radical (unpaired) electrons. The van der Waals surface area contributed by atoms with Gasteiger partial charge in [0, 0.05) is 19.2 Å². The highest BCUT2D eigenvalue weighted by atomic mass is 32.2. The third kappa shape index (κ3) is 4.32. The molecule has 0 atom stereocenters. The van der Waals surface area contributed by atoms with Gasteiger partial charge in [0.05, 0.1) is 11.4 Å². The number of para-hydroxylation sites is 1. The van der Waals surface area contributed by atoms with Gasteiger partial charge in [-0.1, -0.05) is 24.3 Å². The maximum absolute atomic E-state index is 13.0. The van der Waals surface area contributed by atoms with Gasteiger partial charge in [-0.15, -0.1) is 0 Å². The van der Waals surface area contributed by atoms with Crippen molar-refractivity contribution < 1.29 is 22.3 Å². The number of ether oxygens (including phenoxy) is 1. The molecule has 0 aromatic heterocycles. The molecule has 1 amide bonds. The van der Waals surface area contributed by atoms with Crippen LogP contribution in [0.2, 0.25) is 0 Å². The average molecular weight is 378 g/mol. The molecule has 0 saturated carbocycles. The smallest absolute Gasteiger partial charge is 0.257 e. The highest BCUT2D eigenvalue weighted by molar-refractivity contribution is 7.92. The lowest BCUT2D eigenvalue weighted by Gasteiger charge is -2.19. The van der Waals surface area contributed by atoms with E-state index in [-0.39, 0.29) is 24.7 Å². The Morgan fingerprint density at radius 3 is 2.81 bits per heavy atom. The van der Waals surface area contributed by atoms with Crippen LogP contribution in [0.5, 0.6) is 5.75 Å². The SMILES string of the molecule is O=C(COc1cccc(F)c1)NCCS(=O)(=O)N1CCc2ccccc21. The molecule has 2 aromatic carbocycles. The zero-order valence-corrected chi connectivity index (χ0v) is 14.8. The van der Waals surface area contributed by atoms with Crippen molar-refractivity contribution in [2.45, 2.75) is 6.42 Å². The van der Waals surface area contributed by atoms with E-state index in [1.54, 1.807) is 12.1 Å². The quantitative estimate of drug-likeness (QED) is 0.796. The van der Waals surface area contributed by atoms with Gasteiger partial charge in [0.15, 0.2) is 6.61 Å². The van der Waals surface area contributed by atoms with Crippen molar-refractivity contribution in [2.75, 3.05) is 29.8 Å². The predicted octanol–water partition coefficient (Wildman–Crippen LogP) is 1.71. The molecular weight excluding hydrogens is 359 g/mol. The van der Waals surface area contributed by atoms with Crippen LogP contribution in [-0.2, 0) is 21.2 Å². The van der Waals surface area contributed by atoms with Gasteiger partial charge in [0.1, 0.15) is 11.6 Å². The minimum absolute atomic E-state index is 0.0215. The Hall–Kier alpha value is -2.61. The van der Waals surface area contributed by atoms with Crippen molar-refractivity contribution in [1.82, 2.24) is 5.32 Å². The number of nitrogens with one attached hydrogen (secondary N) is 1. The predicted molar refractivity (Wildman–Crippen MR) is 96.2 cm³/mol. The first-order valence-electron chi connectivity index (χ1n) is 8.19. The fourth-order valence-corrected chi connectivity index (χ4v) is 4.21. The maximum atomic E-state index is 13.0. The lowest BCUT2D eigenvalue weighted by atomic mass is 10.2. The largest absolute Gasteiger partial charge is 0.484 e. The zero-order chi connectivity index (χ0) is 18.6. The summed E-state index contributed by atoms with van der Waals surface area (Å²) < 4.78 is 44.6. The van der Waals surface area contributed by atoms with Gasteiger partial charge in [-0.3, -0.25) is 9.10 Å². The second-order valence-electron chi connectivity index (χ2n) is 5.86. The van der Waals surface area contributed by atoms with Gasteiger partial charge in [-0.25, -0.2) is 12.8 Å². The van der Waals surface area contributed by atoms with Crippen molar-refractivity contribution in [2.24, 2.45) is 0 Å². The molecule has 0 saturated heterocycles. The standard InChI is InChI=1S/C18H19FN2O4S/c19-15-5-3-6-16(12-15)25-13-18(22)20-9-11-26(23,24)21-10-8-14-4-1-2-7-17(14)21/h1-7,12H,8-11,13H2,(H,20,22). The fraction of sp³-hybridized carbons (Fsp3) is 0.278. The molecule has 1 aliphatic heterocycles. The summed E-state index contributed by atoms with van der Waals surface area (Å²) in [4.78, 5) is 11.8. The van der Waals surface area contributed by atoms with Crippen molar-refractivity contribution in [3.8, 4) is 5.75 Å². The van der Waals surface area contributed by atoms with Crippen LogP contribution in [0, 0.1) is 5.82 Å². The van der Waals surface area contributed by atoms with E-state index in [2.05, 4.69) is 5.32 Å². The van der Waals surface area contributed by atoms with E-state index in [1.165, 1.54) is 28.6 Å². The molecule has 6 nitrogen and oxygen atoms in total. The number of anilines is 1. The molecule has 0 fully saturated rings. The van der Waals surface area contributed by atoms with E-state index in [0.29, 0.717) is 18.7 Å². The summed E-state index contributed by atoms with van der Waals surface area (Å²) in [6.45, 7) is 0.0840. The molecule has 0 aliphatic carbocycles. The van der Waals surface area contributed by atoms with Crippen LogP contribution in [-0.4, -0.2) is 39.8 Å². The number of nitrogens with zero attached hydrogens (tertiary/aromatic N) is 1. The molecule has 1 N–H and O–H groups in total. The summed E-state index contributed by atoms with van der Waals surface area (Å²) in [5, 5.41) is 2.51. The summed E-state index contributed by atoms with van der Waals surface area (Å²) in [6, 6.07) is 12.8. The molecule has 1 heterocycles. The first kappa shape index (κ1) is 18.2. The highest BCUT2D eigenvalue weighted by Gasteiger charge is 2.28. The molecule has 138 valence electrons. The number of fused-ring (bicyclic) bond motifs is 1. The first-order chi connectivity index (χ1) is 12.5. The zero-order valence-electron chi connectivity index (χ0n) is 14.0. The monoisotopic (exact) mass is 378 g/mol. The Bertz CT molecular complexity index is 902.